The van der Waals surface area contributed by atoms with Gasteiger partial charge in [0.15, 0.2) is 11.6 Å². The van der Waals surface area contributed by atoms with Crippen molar-refractivity contribution in [2.45, 2.75) is 19.3 Å². The number of carbonyl (C=O) groups is 2. The fourth-order valence-corrected chi connectivity index (χ4v) is 8.36. The van der Waals surface area contributed by atoms with Gasteiger partial charge in [-0.1, -0.05) is 98.8 Å². The molecule has 236 valence electrons. The van der Waals surface area contributed by atoms with Crippen LogP contribution in [0, 0.1) is 0 Å². The Kier molecular flexibility index (Phi) is 5.93. The van der Waals surface area contributed by atoms with Crippen LogP contribution in [0.25, 0.3) is 49.2 Å². The number of fused-ring (bicyclic) bond motifs is 8. The summed E-state index contributed by atoms with van der Waals surface area (Å²) in [7, 11) is 0. The minimum atomic E-state index is -0.323. The first-order valence-electron chi connectivity index (χ1n) is 17.1. The number of ketones is 2. The van der Waals surface area contributed by atoms with E-state index in [4.69, 9.17) is 0 Å². The number of carbonyl (C=O) groups excluding carboxylic acids is 2. The smallest absolute Gasteiger partial charge is 0.197 e. The maximum absolute atomic E-state index is 13.6. The van der Waals surface area contributed by atoms with Crippen LogP contribution in [-0.4, -0.2) is 11.6 Å². The van der Waals surface area contributed by atoms with Crippen molar-refractivity contribution in [3.8, 4) is 0 Å². The summed E-state index contributed by atoms with van der Waals surface area (Å²) in [5.74, 6) is -0.421. The molecule has 10 rings (SSSR count). The molecule has 0 aromatic heterocycles. The minimum absolute atomic E-state index is 0.211. The van der Waals surface area contributed by atoms with E-state index in [2.05, 4.69) is 122 Å². The van der Waals surface area contributed by atoms with E-state index in [9.17, 15) is 9.59 Å². The van der Waals surface area contributed by atoms with Gasteiger partial charge < -0.3 is 4.90 Å². The van der Waals surface area contributed by atoms with Crippen molar-refractivity contribution in [3.05, 3.63) is 179 Å². The lowest BCUT2D eigenvalue weighted by Gasteiger charge is -2.43. The Morgan fingerprint density at radius 1 is 0.500 bits per heavy atom. The topological polar surface area (TPSA) is 37.4 Å². The highest BCUT2D eigenvalue weighted by molar-refractivity contribution is 6.42. The van der Waals surface area contributed by atoms with E-state index in [1.807, 2.05) is 42.5 Å². The summed E-state index contributed by atoms with van der Waals surface area (Å²) in [6.07, 6.45) is 1.77. The van der Waals surface area contributed by atoms with E-state index in [0.29, 0.717) is 11.1 Å². The summed E-state index contributed by atoms with van der Waals surface area (Å²) in [6.45, 7) is 4.65. The molecule has 0 saturated carbocycles. The summed E-state index contributed by atoms with van der Waals surface area (Å²) in [5, 5.41) is 9.04. The molecule has 0 radical (unpaired) electrons. The molecule has 0 saturated heterocycles. The van der Waals surface area contributed by atoms with Crippen LogP contribution in [0.1, 0.15) is 51.3 Å². The molecule has 8 aromatic carbocycles. The van der Waals surface area contributed by atoms with Crippen molar-refractivity contribution in [1.29, 1.82) is 0 Å². The number of hydrogen-bond donors (Lipinski definition) is 0. The minimum Gasteiger partial charge on any atom is -0.310 e. The third-order valence-electron chi connectivity index (χ3n) is 10.8. The predicted molar refractivity (Wildman–Crippen MR) is 206 cm³/mol. The van der Waals surface area contributed by atoms with Gasteiger partial charge in [0.25, 0.3) is 0 Å². The molecule has 0 unspecified atom stereocenters. The van der Waals surface area contributed by atoms with Gasteiger partial charge in [0.2, 0.25) is 0 Å². The molecular formula is C47H31NO2. The lowest BCUT2D eigenvalue weighted by Crippen LogP contribution is -2.31. The van der Waals surface area contributed by atoms with Crippen LogP contribution in [-0.2, 0) is 5.41 Å². The quantitative estimate of drug-likeness (QED) is 0.107. The second-order valence-corrected chi connectivity index (χ2v) is 14.1. The van der Waals surface area contributed by atoms with Gasteiger partial charge in [0.05, 0.1) is 16.9 Å². The van der Waals surface area contributed by atoms with Crippen LogP contribution in [0.4, 0.5) is 17.1 Å². The summed E-state index contributed by atoms with van der Waals surface area (Å²) in [6, 6.07) is 50.7. The van der Waals surface area contributed by atoms with Gasteiger partial charge in [-0.3, -0.25) is 9.59 Å². The second-order valence-electron chi connectivity index (χ2n) is 14.1. The van der Waals surface area contributed by atoms with Crippen LogP contribution >= 0.6 is 0 Å². The average molecular weight is 642 g/mol. The normalized spacial score (nSPS) is 14.8. The van der Waals surface area contributed by atoms with Crippen LogP contribution in [0.15, 0.2) is 151 Å². The first-order valence-corrected chi connectivity index (χ1v) is 17.1. The molecule has 0 spiro atoms. The Morgan fingerprint density at radius 3 is 1.72 bits per heavy atom. The zero-order valence-corrected chi connectivity index (χ0v) is 27.7. The van der Waals surface area contributed by atoms with Crippen molar-refractivity contribution in [1.82, 2.24) is 0 Å². The second kappa shape index (κ2) is 10.3. The van der Waals surface area contributed by atoms with Crippen molar-refractivity contribution < 1.29 is 9.59 Å². The van der Waals surface area contributed by atoms with Gasteiger partial charge >= 0.3 is 0 Å². The Bertz CT molecular complexity index is 2770. The van der Waals surface area contributed by atoms with Gasteiger partial charge in [-0.15, -0.1) is 0 Å². The van der Waals surface area contributed by atoms with E-state index < -0.39 is 0 Å². The maximum Gasteiger partial charge on any atom is 0.197 e. The predicted octanol–water partition coefficient (Wildman–Crippen LogP) is 11.9. The first-order chi connectivity index (χ1) is 24.3. The van der Waals surface area contributed by atoms with Crippen molar-refractivity contribution >= 4 is 77.8 Å². The zero-order valence-electron chi connectivity index (χ0n) is 27.7. The highest BCUT2D eigenvalue weighted by Gasteiger charge is 2.39. The molecule has 8 aromatic rings. The third kappa shape index (κ3) is 4.10. The van der Waals surface area contributed by atoms with Gasteiger partial charge in [-0.2, -0.15) is 0 Å². The number of anilines is 3. The van der Waals surface area contributed by atoms with Crippen LogP contribution in [0.5, 0.6) is 0 Å². The Labute approximate surface area is 289 Å². The number of para-hydroxylation sites is 1. The van der Waals surface area contributed by atoms with E-state index in [1.165, 1.54) is 38.4 Å². The highest BCUT2D eigenvalue weighted by Crippen LogP contribution is 2.55. The first kappa shape index (κ1) is 28.7. The molecule has 0 amide bonds. The molecule has 0 N–H and O–H groups in total. The molecule has 1 aliphatic carbocycles. The van der Waals surface area contributed by atoms with E-state index >= 15 is 0 Å². The van der Waals surface area contributed by atoms with Crippen LogP contribution in [0.3, 0.4) is 0 Å². The molecule has 2 aliphatic rings. The standard InChI is InChI=1S/C47H31NO2/c1-47(2)41-26-34-22-29-10-6-7-11-30(29)23-35(34)27-43(41)48(36-14-4-3-5-15-36)42-19-17-33-20-28(16-18-37(33)44(42)47)21-40-45(49)38-24-31-12-8-9-13-32(31)25-39(38)46(40)50/h3-27H,1-2H3. The SMILES string of the molecule is CC1(C)c2cc3cc4ccccc4cc3cc2N(c2ccccc2)c2ccc3cc(C=C4C(=O)c5cc6ccccc6cc5C4=O)ccc3c21. The number of hydrogen-bond acceptors (Lipinski definition) is 3. The summed E-state index contributed by atoms with van der Waals surface area (Å²) in [4.78, 5) is 29.5. The maximum atomic E-state index is 13.6. The fourth-order valence-electron chi connectivity index (χ4n) is 8.36. The number of nitrogens with zero attached hydrogens (tertiary/aromatic N) is 1. The molecule has 3 heteroatoms. The number of allylic oxidation sites excluding steroid dienone is 1. The number of Topliss-reactive ketones (excluding diaryl/α,β-unsaturated/α-hetero) is 2. The highest BCUT2D eigenvalue weighted by atomic mass is 16.2. The molecule has 0 bridgehead atoms. The van der Waals surface area contributed by atoms with Gasteiger partial charge in [-0.25, -0.2) is 0 Å². The van der Waals surface area contributed by atoms with E-state index in [1.54, 1.807) is 6.08 Å². The lowest BCUT2D eigenvalue weighted by molar-refractivity contribution is 0.0990. The van der Waals surface area contributed by atoms with Gasteiger partial charge in [0.1, 0.15) is 0 Å². The van der Waals surface area contributed by atoms with Crippen molar-refractivity contribution in [3.63, 3.8) is 0 Å². The van der Waals surface area contributed by atoms with E-state index in [-0.39, 0.29) is 22.6 Å². The Morgan fingerprint density at radius 2 is 1.08 bits per heavy atom. The van der Waals surface area contributed by atoms with Crippen molar-refractivity contribution in [2.75, 3.05) is 4.90 Å². The van der Waals surface area contributed by atoms with Crippen molar-refractivity contribution in [2.24, 2.45) is 0 Å². The molecule has 1 aliphatic heterocycles. The summed E-state index contributed by atoms with van der Waals surface area (Å²) >= 11 is 0. The number of rotatable bonds is 2. The van der Waals surface area contributed by atoms with Gasteiger partial charge in [-0.05, 0) is 127 Å². The fraction of sp³-hybridized carbons (Fsp3) is 0.0638. The van der Waals surface area contributed by atoms with E-state index in [0.717, 1.165) is 38.5 Å². The molecule has 1 heterocycles. The van der Waals surface area contributed by atoms with Crippen LogP contribution < -0.4 is 4.90 Å². The largest absolute Gasteiger partial charge is 0.310 e. The molecule has 0 fully saturated rings. The Hall–Kier alpha value is -6.32. The zero-order chi connectivity index (χ0) is 33.7. The van der Waals surface area contributed by atoms with Gasteiger partial charge in [0, 0.05) is 22.2 Å². The third-order valence-corrected chi connectivity index (χ3v) is 10.8. The molecule has 0 atom stereocenters. The average Bonchev–Trinajstić information content (AvgIpc) is 3.36. The monoisotopic (exact) mass is 641 g/mol. The van der Waals surface area contributed by atoms with Crippen LogP contribution in [0.2, 0.25) is 0 Å². The summed E-state index contributed by atoms with van der Waals surface area (Å²) in [5.41, 5.74) is 7.65. The summed E-state index contributed by atoms with van der Waals surface area (Å²) < 4.78 is 0. The Balaban J connectivity index is 1.14. The molecule has 3 nitrogen and oxygen atoms in total. The lowest BCUT2D eigenvalue weighted by atomic mass is 9.71. The number of benzene rings is 8. The molecular weight excluding hydrogens is 611 g/mol. The molecule has 50 heavy (non-hydrogen) atoms.